The molecule has 0 amide bonds. The molecule has 0 saturated heterocycles. The Kier molecular flexibility index (Phi) is 2.41. The van der Waals surface area contributed by atoms with Gasteiger partial charge in [-0.25, -0.2) is 9.97 Å². The number of benzene rings is 2. The topological polar surface area (TPSA) is 52.7 Å². The van der Waals surface area contributed by atoms with Crippen LogP contribution in [0.25, 0.3) is 22.1 Å². The molecule has 0 spiro atoms. The van der Waals surface area contributed by atoms with Crippen LogP contribution in [0.2, 0.25) is 0 Å². The molecule has 0 aliphatic rings. The van der Waals surface area contributed by atoms with Crippen LogP contribution in [0, 0.1) is 0 Å². The second kappa shape index (κ2) is 4.28. The fourth-order valence-electron chi connectivity index (χ4n) is 2.52. The number of carbonyl (C=O) groups is 1. The lowest BCUT2D eigenvalue weighted by atomic mass is 10.2. The standard InChI is InChI=1S/C16H12N4O/c1-19-9-17-13-7-6-11(8-15(13)19)16(21)20-10-18-12-4-2-3-5-14(12)20/h2-10H,1H3. The average Bonchev–Trinajstić information content (AvgIpc) is 3.10. The highest BCUT2D eigenvalue weighted by Gasteiger charge is 2.13. The SMILES string of the molecule is Cn1cnc2ccc(C(=O)n3cnc4ccccc43)cc21. The van der Waals surface area contributed by atoms with Crippen molar-refractivity contribution in [3.05, 3.63) is 60.7 Å². The summed E-state index contributed by atoms with van der Waals surface area (Å²) in [7, 11) is 1.91. The Balaban J connectivity index is 1.87. The van der Waals surface area contributed by atoms with Crippen LogP contribution < -0.4 is 0 Å². The molecule has 2 aromatic carbocycles. The molecular weight excluding hydrogens is 264 g/mol. The fraction of sp³-hybridized carbons (Fsp3) is 0.0625. The van der Waals surface area contributed by atoms with Gasteiger partial charge in [-0.1, -0.05) is 12.1 Å². The Morgan fingerprint density at radius 2 is 1.71 bits per heavy atom. The van der Waals surface area contributed by atoms with Crippen LogP contribution in [0.4, 0.5) is 0 Å². The van der Waals surface area contributed by atoms with Crippen molar-refractivity contribution in [3.8, 4) is 0 Å². The molecule has 0 saturated carbocycles. The summed E-state index contributed by atoms with van der Waals surface area (Å²) in [5.74, 6) is -0.0909. The van der Waals surface area contributed by atoms with Gasteiger partial charge < -0.3 is 4.57 Å². The van der Waals surface area contributed by atoms with E-state index < -0.39 is 0 Å². The predicted octanol–water partition coefficient (Wildman–Crippen LogP) is 2.61. The van der Waals surface area contributed by atoms with Gasteiger partial charge in [0.25, 0.3) is 5.91 Å². The lowest BCUT2D eigenvalue weighted by molar-refractivity contribution is 0.0964. The van der Waals surface area contributed by atoms with Crippen LogP contribution >= 0.6 is 0 Å². The second-order valence-electron chi connectivity index (χ2n) is 4.97. The number of para-hydroxylation sites is 2. The Bertz CT molecular complexity index is 980. The van der Waals surface area contributed by atoms with E-state index in [1.54, 1.807) is 23.3 Å². The first kappa shape index (κ1) is 11.8. The van der Waals surface area contributed by atoms with Crippen LogP contribution in [0.5, 0.6) is 0 Å². The van der Waals surface area contributed by atoms with Crippen molar-refractivity contribution in [2.75, 3.05) is 0 Å². The predicted molar refractivity (Wildman–Crippen MR) is 80.2 cm³/mol. The number of aromatic nitrogens is 4. The Labute approximate surface area is 120 Å². The molecule has 0 radical (unpaired) electrons. The van der Waals surface area contributed by atoms with Gasteiger partial charge in [0.15, 0.2) is 0 Å². The van der Waals surface area contributed by atoms with Gasteiger partial charge in [-0.05, 0) is 30.3 Å². The highest BCUT2D eigenvalue weighted by Crippen LogP contribution is 2.18. The maximum atomic E-state index is 12.7. The molecule has 2 heterocycles. The molecule has 0 aliphatic carbocycles. The molecule has 0 atom stereocenters. The fourth-order valence-corrected chi connectivity index (χ4v) is 2.52. The third-order valence-electron chi connectivity index (χ3n) is 3.64. The minimum absolute atomic E-state index is 0.0909. The summed E-state index contributed by atoms with van der Waals surface area (Å²) in [5, 5.41) is 0. The first-order chi connectivity index (χ1) is 10.2. The van der Waals surface area contributed by atoms with Crippen LogP contribution in [0.3, 0.4) is 0 Å². The number of hydrogen-bond donors (Lipinski definition) is 0. The maximum absolute atomic E-state index is 12.7. The number of nitrogens with zero attached hydrogens (tertiary/aromatic N) is 4. The number of fused-ring (bicyclic) bond motifs is 2. The number of aryl methyl sites for hydroxylation is 1. The summed E-state index contributed by atoms with van der Waals surface area (Å²) in [6.45, 7) is 0. The third-order valence-corrected chi connectivity index (χ3v) is 3.64. The zero-order valence-electron chi connectivity index (χ0n) is 11.4. The van der Waals surface area contributed by atoms with E-state index >= 15 is 0 Å². The van der Waals surface area contributed by atoms with E-state index in [2.05, 4.69) is 9.97 Å². The Hall–Kier alpha value is -2.95. The molecule has 0 unspecified atom stereocenters. The lowest BCUT2D eigenvalue weighted by Crippen LogP contribution is -2.10. The molecule has 5 nitrogen and oxygen atoms in total. The molecule has 0 bridgehead atoms. The highest BCUT2D eigenvalue weighted by atomic mass is 16.2. The summed E-state index contributed by atoms with van der Waals surface area (Å²) in [6, 6.07) is 13.1. The largest absolute Gasteiger partial charge is 0.334 e. The quantitative estimate of drug-likeness (QED) is 0.537. The molecule has 4 rings (SSSR count). The minimum atomic E-state index is -0.0909. The van der Waals surface area contributed by atoms with E-state index in [9.17, 15) is 4.79 Å². The maximum Gasteiger partial charge on any atom is 0.263 e. The minimum Gasteiger partial charge on any atom is -0.334 e. The summed E-state index contributed by atoms with van der Waals surface area (Å²) in [5.41, 5.74) is 4.06. The lowest BCUT2D eigenvalue weighted by Gasteiger charge is -2.04. The zero-order valence-corrected chi connectivity index (χ0v) is 11.4. The van der Waals surface area contributed by atoms with E-state index in [1.807, 2.05) is 48.0 Å². The van der Waals surface area contributed by atoms with E-state index in [0.717, 1.165) is 22.1 Å². The number of carbonyl (C=O) groups excluding carboxylic acids is 1. The van der Waals surface area contributed by atoms with Gasteiger partial charge in [-0.2, -0.15) is 0 Å². The van der Waals surface area contributed by atoms with E-state index in [-0.39, 0.29) is 5.91 Å². The molecule has 2 aromatic heterocycles. The van der Waals surface area contributed by atoms with E-state index in [0.29, 0.717) is 5.56 Å². The third kappa shape index (κ3) is 1.74. The van der Waals surface area contributed by atoms with Gasteiger partial charge in [0.1, 0.15) is 6.33 Å². The van der Waals surface area contributed by atoms with Gasteiger partial charge in [-0.3, -0.25) is 9.36 Å². The van der Waals surface area contributed by atoms with Gasteiger partial charge in [0.05, 0.1) is 28.4 Å². The monoisotopic (exact) mass is 276 g/mol. The summed E-state index contributed by atoms with van der Waals surface area (Å²) < 4.78 is 3.48. The van der Waals surface area contributed by atoms with Crippen molar-refractivity contribution in [1.82, 2.24) is 19.1 Å². The smallest absolute Gasteiger partial charge is 0.263 e. The summed E-state index contributed by atoms with van der Waals surface area (Å²) in [6.07, 6.45) is 3.31. The first-order valence-corrected chi connectivity index (χ1v) is 6.62. The second-order valence-corrected chi connectivity index (χ2v) is 4.97. The zero-order chi connectivity index (χ0) is 14.4. The summed E-state index contributed by atoms with van der Waals surface area (Å²) >= 11 is 0. The van der Waals surface area contributed by atoms with Crippen LogP contribution in [0.1, 0.15) is 10.4 Å². The molecule has 0 N–H and O–H groups in total. The van der Waals surface area contributed by atoms with Gasteiger partial charge in [0.2, 0.25) is 0 Å². The van der Waals surface area contributed by atoms with Crippen molar-refractivity contribution in [1.29, 1.82) is 0 Å². The van der Waals surface area contributed by atoms with Crippen LogP contribution in [-0.4, -0.2) is 25.0 Å². The molecule has 5 heteroatoms. The van der Waals surface area contributed by atoms with Crippen molar-refractivity contribution in [2.45, 2.75) is 0 Å². The molecule has 102 valence electrons. The van der Waals surface area contributed by atoms with Crippen LogP contribution in [0.15, 0.2) is 55.1 Å². The van der Waals surface area contributed by atoms with Crippen molar-refractivity contribution in [3.63, 3.8) is 0 Å². The van der Waals surface area contributed by atoms with E-state index in [1.165, 1.54) is 0 Å². The Morgan fingerprint density at radius 3 is 2.62 bits per heavy atom. The molecule has 21 heavy (non-hydrogen) atoms. The molecular formula is C16H12N4O. The number of hydrogen-bond acceptors (Lipinski definition) is 3. The molecule has 0 aliphatic heterocycles. The average molecular weight is 276 g/mol. The van der Waals surface area contributed by atoms with Gasteiger partial charge in [-0.15, -0.1) is 0 Å². The molecule has 4 aromatic rings. The van der Waals surface area contributed by atoms with Gasteiger partial charge >= 0.3 is 0 Å². The Morgan fingerprint density at radius 1 is 0.952 bits per heavy atom. The van der Waals surface area contributed by atoms with E-state index in [4.69, 9.17) is 0 Å². The first-order valence-electron chi connectivity index (χ1n) is 6.62. The normalized spacial score (nSPS) is 11.3. The van der Waals surface area contributed by atoms with Crippen LogP contribution in [-0.2, 0) is 7.05 Å². The summed E-state index contributed by atoms with van der Waals surface area (Å²) in [4.78, 5) is 21.2. The van der Waals surface area contributed by atoms with Crippen molar-refractivity contribution >= 4 is 28.0 Å². The van der Waals surface area contributed by atoms with Crippen molar-refractivity contribution < 1.29 is 4.79 Å². The van der Waals surface area contributed by atoms with Gasteiger partial charge in [0, 0.05) is 12.6 Å². The highest BCUT2D eigenvalue weighted by molar-refractivity contribution is 6.02. The number of imidazole rings is 2. The number of rotatable bonds is 1. The van der Waals surface area contributed by atoms with Crippen molar-refractivity contribution in [2.24, 2.45) is 7.05 Å². The molecule has 0 fully saturated rings.